The van der Waals surface area contributed by atoms with E-state index >= 15 is 0 Å². The molecule has 0 aliphatic carbocycles. The van der Waals surface area contributed by atoms with Gasteiger partial charge < -0.3 is 10.4 Å². The minimum absolute atomic E-state index is 0.0746. The number of carbonyl (C=O) groups is 2. The number of nitrogens with zero attached hydrogens (tertiary/aromatic N) is 1. The Balaban J connectivity index is 4.94. The number of carboxylic acids is 1. The summed E-state index contributed by atoms with van der Waals surface area (Å²) in [6, 6.07) is 0.0681. The Morgan fingerprint density at radius 1 is 1.47 bits per heavy atom. The van der Waals surface area contributed by atoms with Crippen molar-refractivity contribution in [1.82, 2.24) is 5.32 Å². The normalized spacial score (nSPS) is 14.4. The SMILES string of the molecule is CCC(C#N)S(=O)(=O)C[C@H](NC(C)=O)C(=O)O. The van der Waals surface area contributed by atoms with Crippen LogP contribution in [0, 0.1) is 11.3 Å². The molecule has 7 nitrogen and oxygen atoms in total. The minimum atomic E-state index is -3.87. The van der Waals surface area contributed by atoms with E-state index in [1.165, 1.54) is 6.92 Å². The molecule has 0 saturated heterocycles. The number of carbonyl (C=O) groups excluding carboxylic acids is 1. The van der Waals surface area contributed by atoms with Crippen molar-refractivity contribution in [3.05, 3.63) is 0 Å². The highest BCUT2D eigenvalue weighted by molar-refractivity contribution is 7.92. The van der Waals surface area contributed by atoms with Crippen molar-refractivity contribution in [3.8, 4) is 6.07 Å². The first-order chi connectivity index (χ1) is 7.74. The molecule has 96 valence electrons. The van der Waals surface area contributed by atoms with Crippen LogP contribution in [0.4, 0.5) is 0 Å². The fraction of sp³-hybridized carbons (Fsp3) is 0.667. The third-order valence-electron chi connectivity index (χ3n) is 2.02. The molecule has 0 aliphatic heterocycles. The first-order valence-corrected chi connectivity index (χ1v) is 6.57. The van der Waals surface area contributed by atoms with Crippen molar-refractivity contribution in [2.24, 2.45) is 0 Å². The summed E-state index contributed by atoms with van der Waals surface area (Å²) in [5.41, 5.74) is 0. The Kier molecular flexibility index (Phi) is 5.61. The van der Waals surface area contributed by atoms with Gasteiger partial charge in [0.15, 0.2) is 9.84 Å². The molecule has 0 fully saturated rings. The molecule has 0 saturated carbocycles. The summed E-state index contributed by atoms with van der Waals surface area (Å²) in [6.45, 7) is 2.60. The number of amides is 1. The topological polar surface area (TPSA) is 124 Å². The second kappa shape index (κ2) is 6.20. The van der Waals surface area contributed by atoms with Gasteiger partial charge in [-0.25, -0.2) is 13.2 Å². The number of hydrogen-bond acceptors (Lipinski definition) is 5. The first-order valence-electron chi connectivity index (χ1n) is 4.85. The monoisotopic (exact) mass is 262 g/mol. The first kappa shape index (κ1) is 15.4. The van der Waals surface area contributed by atoms with Crippen molar-refractivity contribution in [1.29, 1.82) is 5.26 Å². The second-order valence-electron chi connectivity index (χ2n) is 3.45. The highest BCUT2D eigenvalue weighted by Gasteiger charge is 2.31. The summed E-state index contributed by atoms with van der Waals surface area (Å²) in [5, 5.41) is 18.1. The zero-order valence-electron chi connectivity index (χ0n) is 9.50. The summed E-state index contributed by atoms with van der Waals surface area (Å²) < 4.78 is 23.3. The van der Waals surface area contributed by atoms with Gasteiger partial charge in [-0.3, -0.25) is 4.79 Å². The second-order valence-corrected chi connectivity index (χ2v) is 5.67. The predicted molar refractivity (Wildman–Crippen MR) is 58.7 cm³/mol. The molecule has 0 heterocycles. The van der Waals surface area contributed by atoms with Crippen molar-refractivity contribution in [2.75, 3.05) is 5.75 Å². The Morgan fingerprint density at radius 2 is 2.00 bits per heavy atom. The lowest BCUT2D eigenvalue weighted by molar-refractivity contribution is -0.140. The van der Waals surface area contributed by atoms with E-state index in [4.69, 9.17) is 10.4 Å². The minimum Gasteiger partial charge on any atom is -0.480 e. The van der Waals surface area contributed by atoms with Crippen LogP contribution in [0.25, 0.3) is 0 Å². The van der Waals surface area contributed by atoms with Crippen LogP contribution in [-0.2, 0) is 19.4 Å². The Labute approximate surface area is 99.3 Å². The maximum absolute atomic E-state index is 11.7. The van der Waals surface area contributed by atoms with Crippen molar-refractivity contribution in [3.63, 3.8) is 0 Å². The molecule has 17 heavy (non-hydrogen) atoms. The average Bonchev–Trinajstić information content (AvgIpc) is 2.16. The Hall–Kier alpha value is -1.62. The molecular formula is C9H14N2O5S. The summed E-state index contributed by atoms with van der Waals surface area (Å²) in [4.78, 5) is 21.5. The van der Waals surface area contributed by atoms with Gasteiger partial charge in [0, 0.05) is 6.92 Å². The number of carboxylic acid groups (broad SMARTS) is 1. The summed E-state index contributed by atoms with van der Waals surface area (Å²) in [5.74, 6) is -2.87. The predicted octanol–water partition coefficient (Wildman–Crippen LogP) is -0.707. The third kappa shape index (κ3) is 4.82. The fourth-order valence-electron chi connectivity index (χ4n) is 1.19. The van der Waals surface area contributed by atoms with E-state index in [-0.39, 0.29) is 6.42 Å². The quantitative estimate of drug-likeness (QED) is 0.651. The number of rotatable bonds is 6. The molecule has 1 unspecified atom stereocenters. The Morgan fingerprint density at radius 3 is 2.29 bits per heavy atom. The van der Waals surface area contributed by atoms with Crippen molar-refractivity contribution in [2.45, 2.75) is 31.6 Å². The van der Waals surface area contributed by atoms with Crippen molar-refractivity contribution >= 4 is 21.7 Å². The van der Waals surface area contributed by atoms with Crippen LogP contribution in [0.3, 0.4) is 0 Å². The van der Waals surface area contributed by atoms with Gasteiger partial charge in [-0.1, -0.05) is 6.92 Å². The third-order valence-corrected chi connectivity index (χ3v) is 4.13. The molecule has 0 spiro atoms. The molecule has 2 atom stereocenters. The number of hydrogen-bond donors (Lipinski definition) is 2. The fourth-order valence-corrected chi connectivity index (χ4v) is 2.79. The van der Waals surface area contributed by atoms with Gasteiger partial charge in [0.1, 0.15) is 11.3 Å². The highest BCUT2D eigenvalue weighted by atomic mass is 32.2. The molecule has 0 rings (SSSR count). The van der Waals surface area contributed by atoms with E-state index in [0.717, 1.165) is 6.92 Å². The van der Waals surface area contributed by atoms with Crippen LogP contribution in [0.1, 0.15) is 20.3 Å². The molecule has 0 aromatic rings. The number of aliphatic carboxylic acids is 1. The zero-order valence-corrected chi connectivity index (χ0v) is 10.3. The number of nitriles is 1. The van der Waals surface area contributed by atoms with Crippen LogP contribution in [0.5, 0.6) is 0 Å². The molecule has 2 N–H and O–H groups in total. The van der Waals surface area contributed by atoms with Gasteiger partial charge in [0.25, 0.3) is 0 Å². The Bertz CT molecular complexity index is 437. The molecular weight excluding hydrogens is 248 g/mol. The lowest BCUT2D eigenvalue weighted by Gasteiger charge is -2.15. The molecule has 0 aromatic heterocycles. The summed E-state index contributed by atoms with van der Waals surface area (Å²) >= 11 is 0. The summed E-state index contributed by atoms with van der Waals surface area (Å²) in [6.07, 6.45) is 0.0746. The molecule has 0 aliphatic rings. The lowest BCUT2D eigenvalue weighted by Crippen LogP contribution is -2.46. The van der Waals surface area contributed by atoms with Crippen LogP contribution < -0.4 is 5.32 Å². The van der Waals surface area contributed by atoms with E-state index in [2.05, 4.69) is 0 Å². The van der Waals surface area contributed by atoms with Gasteiger partial charge >= 0.3 is 5.97 Å². The van der Waals surface area contributed by atoms with E-state index in [9.17, 15) is 18.0 Å². The van der Waals surface area contributed by atoms with Crippen molar-refractivity contribution < 1.29 is 23.1 Å². The number of sulfone groups is 1. The maximum Gasteiger partial charge on any atom is 0.327 e. The molecule has 8 heteroatoms. The largest absolute Gasteiger partial charge is 0.480 e. The van der Waals surface area contributed by atoms with Crippen LogP contribution in [0.2, 0.25) is 0 Å². The van der Waals surface area contributed by atoms with E-state index in [1.807, 2.05) is 5.32 Å². The van der Waals surface area contributed by atoms with Gasteiger partial charge in [0.05, 0.1) is 11.8 Å². The smallest absolute Gasteiger partial charge is 0.327 e. The maximum atomic E-state index is 11.7. The molecule has 0 bridgehead atoms. The average molecular weight is 262 g/mol. The van der Waals surface area contributed by atoms with Gasteiger partial charge in [-0.2, -0.15) is 5.26 Å². The van der Waals surface area contributed by atoms with E-state index < -0.39 is 38.8 Å². The lowest BCUT2D eigenvalue weighted by atomic mass is 10.3. The van der Waals surface area contributed by atoms with Crippen LogP contribution in [-0.4, -0.2) is 42.4 Å². The molecule has 0 radical (unpaired) electrons. The standard InChI is InChI=1S/C9H14N2O5S/c1-3-7(4-10)17(15,16)5-8(9(13)14)11-6(2)12/h7-8H,3,5H2,1-2H3,(H,11,12)(H,13,14)/t7?,8-/m0/s1. The highest BCUT2D eigenvalue weighted by Crippen LogP contribution is 2.08. The molecule has 1 amide bonds. The van der Waals surface area contributed by atoms with E-state index in [1.54, 1.807) is 6.07 Å². The van der Waals surface area contributed by atoms with E-state index in [0.29, 0.717) is 0 Å². The van der Waals surface area contributed by atoms with Gasteiger partial charge in [-0.05, 0) is 6.42 Å². The van der Waals surface area contributed by atoms with Gasteiger partial charge in [0.2, 0.25) is 5.91 Å². The van der Waals surface area contributed by atoms with Crippen LogP contribution >= 0.6 is 0 Å². The number of nitrogens with one attached hydrogen (secondary N) is 1. The molecule has 0 aromatic carbocycles. The summed E-state index contributed by atoms with van der Waals surface area (Å²) in [7, 11) is -3.87. The zero-order chi connectivity index (χ0) is 13.6. The van der Waals surface area contributed by atoms with Gasteiger partial charge in [-0.15, -0.1) is 0 Å². The van der Waals surface area contributed by atoms with Crippen LogP contribution in [0.15, 0.2) is 0 Å².